The molecular weight excluding hydrogens is 370 g/mol. The number of benzene rings is 1. The summed E-state index contributed by atoms with van der Waals surface area (Å²) in [5.74, 6) is 1.09. The molecule has 0 amide bonds. The van der Waals surface area contributed by atoms with E-state index in [9.17, 15) is 18.5 Å². The van der Waals surface area contributed by atoms with Gasteiger partial charge < -0.3 is 9.47 Å². The van der Waals surface area contributed by atoms with Gasteiger partial charge in [0.1, 0.15) is 17.8 Å². The van der Waals surface area contributed by atoms with Crippen LogP contribution in [0.2, 0.25) is 0 Å². The van der Waals surface area contributed by atoms with Crippen molar-refractivity contribution in [2.24, 2.45) is 0 Å². The average molecular weight is 391 g/mol. The quantitative estimate of drug-likeness (QED) is 0.568. The molecule has 2 aliphatic rings. The van der Waals surface area contributed by atoms with Crippen molar-refractivity contribution in [2.45, 2.75) is 42.5 Å². The number of hydrogen-bond donors (Lipinski definition) is 0. The van der Waals surface area contributed by atoms with Crippen molar-refractivity contribution in [2.75, 3.05) is 24.2 Å². The van der Waals surface area contributed by atoms with Crippen LogP contribution >= 0.6 is 0 Å². The van der Waals surface area contributed by atoms with Crippen molar-refractivity contribution in [1.82, 2.24) is 14.8 Å². The summed E-state index contributed by atoms with van der Waals surface area (Å²) in [4.78, 5) is 13.0. The van der Waals surface area contributed by atoms with Gasteiger partial charge in [-0.05, 0) is 37.8 Å². The molecule has 0 N–H and O–H groups in total. The molecule has 10 heteroatoms. The number of nitrogens with zero attached hydrogens (tertiary/aromatic N) is 5. The number of aromatic nitrogens is 3. The number of rotatable bonds is 5. The van der Waals surface area contributed by atoms with Gasteiger partial charge in [0.05, 0.1) is 9.82 Å². The summed E-state index contributed by atoms with van der Waals surface area (Å²) < 4.78 is 25.6. The van der Waals surface area contributed by atoms with Gasteiger partial charge in [0.25, 0.3) is 5.69 Å². The molecule has 4 rings (SSSR count). The summed E-state index contributed by atoms with van der Waals surface area (Å²) in [6.45, 7) is 1.29. The minimum atomic E-state index is -3.51. The van der Waals surface area contributed by atoms with Crippen LogP contribution < -0.4 is 4.90 Å². The van der Waals surface area contributed by atoms with Crippen LogP contribution in [0.25, 0.3) is 0 Å². The molecule has 9 nitrogen and oxygen atoms in total. The molecule has 1 aliphatic carbocycles. The second-order valence-corrected chi connectivity index (χ2v) is 9.31. The third-order valence-electron chi connectivity index (χ3n) is 5.24. The third-order valence-corrected chi connectivity index (χ3v) is 6.35. The van der Waals surface area contributed by atoms with Gasteiger partial charge in [-0.25, -0.2) is 8.42 Å². The largest absolute Gasteiger partial charge is 0.365 e. The molecule has 2 heterocycles. The maximum Gasteiger partial charge on any atom is 0.293 e. The van der Waals surface area contributed by atoms with Crippen molar-refractivity contribution in [1.29, 1.82) is 0 Å². The Morgan fingerprint density at radius 1 is 1.26 bits per heavy atom. The van der Waals surface area contributed by atoms with E-state index in [-0.39, 0.29) is 16.5 Å². The molecule has 144 valence electrons. The fraction of sp³-hybridized carbons (Fsp3) is 0.529. The zero-order chi connectivity index (χ0) is 19.2. The first-order chi connectivity index (χ1) is 12.8. The van der Waals surface area contributed by atoms with Crippen LogP contribution in [0.1, 0.15) is 43.5 Å². The van der Waals surface area contributed by atoms with Gasteiger partial charge in [-0.1, -0.05) is 0 Å². The monoisotopic (exact) mass is 391 g/mol. The van der Waals surface area contributed by atoms with Crippen LogP contribution in [0.5, 0.6) is 0 Å². The summed E-state index contributed by atoms with van der Waals surface area (Å²) in [6, 6.07) is 4.62. The maximum atomic E-state index is 11.8. The summed E-state index contributed by atoms with van der Waals surface area (Å²) in [6.07, 6.45) is 6.94. The van der Waals surface area contributed by atoms with Gasteiger partial charge in [-0.2, -0.15) is 0 Å². The Balaban J connectivity index is 1.64. The van der Waals surface area contributed by atoms with Crippen LogP contribution in [0.4, 0.5) is 11.4 Å². The number of anilines is 1. The van der Waals surface area contributed by atoms with E-state index in [1.165, 1.54) is 6.07 Å². The fourth-order valence-corrected chi connectivity index (χ4v) is 4.37. The second kappa shape index (κ2) is 6.59. The van der Waals surface area contributed by atoms with Gasteiger partial charge in [0.15, 0.2) is 9.84 Å². The molecule has 0 radical (unpaired) electrons. The molecule has 1 atom stereocenters. The first-order valence-electron chi connectivity index (χ1n) is 8.97. The van der Waals surface area contributed by atoms with Crippen molar-refractivity contribution in [3.63, 3.8) is 0 Å². The lowest BCUT2D eigenvalue weighted by molar-refractivity contribution is -0.384. The highest BCUT2D eigenvalue weighted by atomic mass is 32.2. The Bertz CT molecular complexity index is 983. The third kappa shape index (κ3) is 3.53. The molecule has 1 aliphatic heterocycles. The number of nitro benzene ring substituents is 1. The standard InChI is InChI=1S/C17H21N5O4S/c1-27(25,26)14-6-7-15(16(9-14)22(23)24)20-8-2-3-12(10-20)17-19-18-11-21(17)13-4-5-13/h6-7,9,11-13H,2-5,8,10H2,1H3. The molecule has 1 unspecified atom stereocenters. The smallest absolute Gasteiger partial charge is 0.293 e. The highest BCUT2D eigenvalue weighted by Crippen LogP contribution is 2.39. The molecule has 27 heavy (non-hydrogen) atoms. The minimum Gasteiger partial charge on any atom is -0.365 e. The van der Waals surface area contributed by atoms with E-state index in [0.717, 1.165) is 43.8 Å². The van der Waals surface area contributed by atoms with E-state index in [1.807, 2.05) is 4.90 Å². The van der Waals surface area contributed by atoms with Gasteiger partial charge in [-0.15, -0.1) is 10.2 Å². The molecule has 1 saturated heterocycles. The van der Waals surface area contributed by atoms with E-state index in [0.29, 0.717) is 24.8 Å². The van der Waals surface area contributed by atoms with Crippen LogP contribution in [0.3, 0.4) is 0 Å². The predicted octanol–water partition coefficient (Wildman–Crippen LogP) is 2.31. The highest BCUT2D eigenvalue weighted by molar-refractivity contribution is 7.90. The molecule has 2 aromatic rings. The molecule has 0 spiro atoms. The van der Waals surface area contributed by atoms with E-state index < -0.39 is 14.8 Å². The number of sulfone groups is 1. The van der Waals surface area contributed by atoms with Crippen LogP contribution in [0.15, 0.2) is 29.4 Å². The molecule has 0 bridgehead atoms. The second-order valence-electron chi connectivity index (χ2n) is 7.29. The molecule has 1 aromatic carbocycles. The Labute approximate surface area is 157 Å². The van der Waals surface area contributed by atoms with Crippen molar-refractivity contribution >= 4 is 21.2 Å². The lowest BCUT2D eigenvalue weighted by atomic mass is 9.96. The first-order valence-corrected chi connectivity index (χ1v) is 10.9. The summed E-state index contributed by atoms with van der Waals surface area (Å²) in [7, 11) is -3.51. The number of nitro groups is 1. The van der Waals surface area contributed by atoms with Crippen LogP contribution in [-0.4, -0.2) is 47.5 Å². The number of piperidine rings is 1. The summed E-state index contributed by atoms with van der Waals surface area (Å²) >= 11 is 0. The Morgan fingerprint density at radius 3 is 2.70 bits per heavy atom. The van der Waals surface area contributed by atoms with Crippen LogP contribution in [0, 0.1) is 10.1 Å². The predicted molar refractivity (Wildman–Crippen MR) is 98.7 cm³/mol. The summed E-state index contributed by atoms with van der Waals surface area (Å²) in [5.41, 5.74) is 0.275. The molecule has 2 fully saturated rings. The zero-order valence-electron chi connectivity index (χ0n) is 15.0. The van der Waals surface area contributed by atoms with Crippen molar-refractivity contribution in [3.05, 3.63) is 40.5 Å². The Hall–Kier alpha value is -2.49. The Kier molecular flexibility index (Phi) is 4.37. The van der Waals surface area contributed by atoms with E-state index >= 15 is 0 Å². The minimum absolute atomic E-state index is 0.0417. The molecular formula is C17H21N5O4S. The lowest BCUT2D eigenvalue weighted by Crippen LogP contribution is -2.35. The SMILES string of the molecule is CS(=O)(=O)c1ccc(N2CCCC(c3nncn3C3CC3)C2)c([N+](=O)[O-])c1. The van der Waals surface area contributed by atoms with Crippen molar-refractivity contribution < 1.29 is 13.3 Å². The zero-order valence-corrected chi connectivity index (χ0v) is 15.8. The lowest BCUT2D eigenvalue weighted by Gasteiger charge is -2.33. The van der Waals surface area contributed by atoms with E-state index in [4.69, 9.17) is 0 Å². The van der Waals surface area contributed by atoms with Gasteiger partial charge >= 0.3 is 0 Å². The van der Waals surface area contributed by atoms with Gasteiger partial charge in [-0.3, -0.25) is 10.1 Å². The highest BCUT2D eigenvalue weighted by Gasteiger charge is 2.33. The first kappa shape index (κ1) is 17.9. The fourth-order valence-electron chi connectivity index (χ4n) is 3.73. The topological polar surface area (TPSA) is 111 Å². The summed E-state index contributed by atoms with van der Waals surface area (Å²) in [5, 5.41) is 19.9. The number of hydrogen-bond acceptors (Lipinski definition) is 7. The van der Waals surface area contributed by atoms with Crippen molar-refractivity contribution in [3.8, 4) is 0 Å². The normalized spacial score (nSPS) is 20.6. The van der Waals surface area contributed by atoms with Crippen LogP contribution in [-0.2, 0) is 9.84 Å². The van der Waals surface area contributed by atoms with E-state index in [2.05, 4.69) is 14.8 Å². The maximum absolute atomic E-state index is 11.8. The van der Waals surface area contributed by atoms with E-state index in [1.54, 1.807) is 12.4 Å². The molecule has 1 aromatic heterocycles. The van der Waals surface area contributed by atoms with Gasteiger partial charge in [0, 0.05) is 37.4 Å². The molecule has 1 saturated carbocycles. The Morgan fingerprint density at radius 2 is 2.04 bits per heavy atom. The average Bonchev–Trinajstić information content (AvgIpc) is 3.37. The van der Waals surface area contributed by atoms with Gasteiger partial charge in [0.2, 0.25) is 0 Å².